The second kappa shape index (κ2) is 4.77. The third kappa shape index (κ3) is 2.67. The summed E-state index contributed by atoms with van der Waals surface area (Å²) in [6, 6.07) is 7.64. The van der Waals surface area contributed by atoms with E-state index in [9.17, 15) is 4.79 Å². The van der Waals surface area contributed by atoms with Crippen LogP contribution in [0.25, 0.3) is 0 Å². The molecular formula is C11H14O2. The van der Waals surface area contributed by atoms with E-state index >= 15 is 0 Å². The fourth-order valence-corrected chi connectivity index (χ4v) is 1.14. The highest BCUT2D eigenvalue weighted by Gasteiger charge is 2.03. The molecule has 0 radical (unpaired) electrons. The molecule has 0 bridgehead atoms. The minimum absolute atomic E-state index is 0.0325. The first-order chi connectivity index (χ1) is 6.27. The number of carbonyl (C=O) groups is 1. The van der Waals surface area contributed by atoms with Crippen LogP contribution in [0.1, 0.15) is 22.8 Å². The lowest BCUT2D eigenvalue weighted by atomic mass is 10.1. The minimum atomic E-state index is 0.0325. The summed E-state index contributed by atoms with van der Waals surface area (Å²) < 4.78 is 4.77. The van der Waals surface area contributed by atoms with E-state index in [1.54, 1.807) is 0 Å². The van der Waals surface area contributed by atoms with Gasteiger partial charge >= 0.3 is 0 Å². The molecular weight excluding hydrogens is 164 g/mol. The molecule has 0 aromatic heterocycles. The van der Waals surface area contributed by atoms with E-state index in [0.29, 0.717) is 0 Å². The number of aryl methyl sites for hydroxylation is 1. The van der Waals surface area contributed by atoms with Crippen LogP contribution < -0.4 is 0 Å². The lowest BCUT2D eigenvalue weighted by Gasteiger charge is -2.00. The van der Waals surface area contributed by atoms with E-state index < -0.39 is 0 Å². The van der Waals surface area contributed by atoms with Crippen molar-refractivity contribution >= 4 is 5.78 Å². The van der Waals surface area contributed by atoms with Crippen LogP contribution in [-0.4, -0.2) is 19.5 Å². The van der Waals surface area contributed by atoms with E-state index in [1.165, 1.54) is 12.7 Å². The first-order valence-corrected chi connectivity index (χ1v) is 4.39. The van der Waals surface area contributed by atoms with Crippen molar-refractivity contribution in [1.82, 2.24) is 0 Å². The van der Waals surface area contributed by atoms with Gasteiger partial charge in [0.05, 0.1) is 0 Å². The monoisotopic (exact) mass is 178 g/mol. The Morgan fingerprint density at radius 3 is 2.38 bits per heavy atom. The maximum atomic E-state index is 11.3. The van der Waals surface area contributed by atoms with Gasteiger partial charge in [-0.15, -0.1) is 0 Å². The molecule has 0 aliphatic rings. The quantitative estimate of drug-likeness (QED) is 0.660. The summed E-state index contributed by atoms with van der Waals surface area (Å²) >= 11 is 0. The summed E-state index contributed by atoms with van der Waals surface area (Å²) in [4.78, 5) is 11.3. The Labute approximate surface area is 78.5 Å². The molecule has 0 spiro atoms. The molecule has 0 unspecified atom stereocenters. The van der Waals surface area contributed by atoms with E-state index in [1.807, 2.05) is 24.3 Å². The van der Waals surface area contributed by atoms with E-state index in [0.717, 1.165) is 12.0 Å². The van der Waals surface area contributed by atoms with E-state index in [2.05, 4.69) is 6.92 Å². The van der Waals surface area contributed by atoms with E-state index in [4.69, 9.17) is 4.74 Å². The molecule has 0 N–H and O–H groups in total. The molecule has 0 amide bonds. The molecule has 0 aliphatic heterocycles. The Morgan fingerprint density at radius 1 is 1.31 bits per heavy atom. The van der Waals surface area contributed by atoms with Crippen molar-refractivity contribution in [3.05, 3.63) is 35.4 Å². The van der Waals surface area contributed by atoms with Crippen LogP contribution in [-0.2, 0) is 11.2 Å². The van der Waals surface area contributed by atoms with Crippen LogP contribution >= 0.6 is 0 Å². The normalized spacial score (nSPS) is 10.0. The second-order valence-electron chi connectivity index (χ2n) is 2.91. The largest absolute Gasteiger partial charge is 0.377 e. The summed E-state index contributed by atoms with van der Waals surface area (Å²) in [6.07, 6.45) is 0.999. The Balaban J connectivity index is 2.74. The highest BCUT2D eigenvalue weighted by atomic mass is 16.5. The lowest BCUT2D eigenvalue weighted by Crippen LogP contribution is -2.06. The SMILES string of the molecule is CCc1ccc(C(=O)COC)cc1. The average molecular weight is 178 g/mol. The van der Waals surface area contributed by atoms with Gasteiger partial charge in [-0.2, -0.15) is 0 Å². The van der Waals surface area contributed by atoms with Gasteiger partial charge in [-0.1, -0.05) is 31.2 Å². The Hall–Kier alpha value is -1.15. The molecule has 13 heavy (non-hydrogen) atoms. The highest BCUT2D eigenvalue weighted by Crippen LogP contribution is 2.05. The van der Waals surface area contributed by atoms with Crippen molar-refractivity contribution < 1.29 is 9.53 Å². The number of hydrogen-bond acceptors (Lipinski definition) is 2. The molecule has 2 heteroatoms. The molecule has 1 aromatic rings. The molecule has 0 saturated heterocycles. The number of methoxy groups -OCH3 is 1. The molecule has 0 heterocycles. The van der Waals surface area contributed by atoms with Gasteiger partial charge in [-0.25, -0.2) is 0 Å². The molecule has 0 fully saturated rings. The predicted octanol–water partition coefficient (Wildman–Crippen LogP) is 2.08. The Morgan fingerprint density at radius 2 is 1.92 bits per heavy atom. The summed E-state index contributed by atoms with van der Waals surface area (Å²) in [5.74, 6) is 0.0325. The van der Waals surface area contributed by atoms with Crippen LogP contribution in [0.3, 0.4) is 0 Å². The second-order valence-corrected chi connectivity index (χ2v) is 2.91. The number of Topliss-reactive ketones (excluding diaryl/α,β-unsaturated/α-hetero) is 1. The van der Waals surface area contributed by atoms with Crippen LogP contribution in [0.5, 0.6) is 0 Å². The highest BCUT2D eigenvalue weighted by molar-refractivity contribution is 5.97. The maximum Gasteiger partial charge on any atom is 0.188 e. The first kappa shape index (κ1) is 9.93. The van der Waals surface area contributed by atoms with Gasteiger partial charge < -0.3 is 4.74 Å². The van der Waals surface area contributed by atoms with Gasteiger partial charge in [0.1, 0.15) is 6.61 Å². The van der Waals surface area contributed by atoms with Gasteiger partial charge in [0.15, 0.2) is 5.78 Å². The summed E-state index contributed by atoms with van der Waals surface area (Å²) in [5.41, 5.74) is 1.97. The van der Waals surface area contributed by atoms with Gasteiger partial charge in [0.25, 0.3) is 0 Å². The van der Waals surface area contributed by atoms with Crippen molar-refractivity contribution in [2.75, 3.05) is 13.7 Å². The van der Waals surface area contributed by atoms with Crippen molar-refractivity contribution in [1.29, 1.82) is 0 Å². The third-order valence-corrected chi connectivity index (χ3v) is 1.96. The Kier molecular flexibility index (Phi) is 3.65. The van der Waals surface area contributed by atoms with Gasteiger partial charge in [0.2, 0.25) is 0 Å². The lowest BCUT2D eigenvalue weighted by molar-refractivity contribution is 0.0848. The van der Waals surface area contributed by atoms with Gasteiger partial charge in [-0.3, -0.25) is 4.79 Å². The zero-order valence-corrected chi connectivity index (χ0v) is 8.04. The number of hydrogen-bond donors (Lipinski definition) is 0. The zero-order chi connectivity index (χ0) is 9.68. The zero-order valence-electron chi connectivity index (χ0n) is 8.04. The number of rotatable bonds is 4. The van der Waals surface area contributed by atoms with Gasteiger partial charge in [0, 0.05) is 12.7 Å². The van der Waals surface area contributed by atoms with Crippen molar-refractivity contribution in [2.45, 2.75) is 13.3 Å². The summed E-state index contributed by atoms with van der Waals surface area (Å²) in [6.45, 7) is 2.25. The molecule has 1 aromatic carbocycles. The van der Waals surface area contributed by atoms with Crippen molar-refractivity contribution in [2.24, 2.45) is 0 Å². The topological polar surface area (TPSA) is 26.3 Å². The molecule has 70 valence electrons. The number of ketones is 1. The number of benzene rings is 1. The molecule has 2 nitrogen and oxygen atoms in total. The molecule has 0 saturated carbocycles. The van der Waals surface area contributed by atoms with Crippen LogP contribution in [0.15, 0.2) is 24.3 Å². The minimum Gasteiger partial charge on any atom is -0.377 e. The first-order valence-electron chi connectivity index (χ1n) is 4.39. The van der Waals surface area contributed by atoms with Crippen molar-refractivity contribution in [3.63, 3.8) is 0 Å². The Bertz CT molecular complexity index is 275. The third-order valence-electron chi connectivity index (χ3n) is 1.96. The summed E-state index contributed by atoms with van der Waals surface area (Å²) in [5, 5.41) is 0. The van der Waals surface area contributed by atoms with E-state index in [-0.39, 0.29) is 12.4 Å². The molecule has 1 rings (SSSR count). The number of carbonyl (C=O) groups excluding carboxylic acids is 1. The maximum absolute atomic E-state index is 11.3. The molecule has 0 atom stereocenters. The predicted molar refractivity (Wildman–Crippen MR) is 52.0 cm³/mol. The number of ether oxygens (including phenoxy) is 1. The average Bonchev–Trinajstić information content (AvgIpc) is 2.18. The molecule has 0 aliphatic carbocycles. The summed E-state index contributed by atoms with van der Waals surface area (Å²) in [7, 11) is 1.53. The van der Waals surface area contributed by atoms with Crippen LogP contribution in [0.2, 0.25) is 0 Å². The fraction of sp³-hybridized carbons (Fsp3) is 0.364. The smallest absolute Gasteiger partial charge is 0.188 e. The van der Waals surface area contributed by atoms with Crippen LogP contribution in [0.4, 0.5) is 0 Å². The van der Waals surface area contributed by atoms with Crippen molar-refractivity contribution in [3.8, 4) is 0 Å². The fourth-order valence-electron chi connectivity index (χ4n) is 1.14. The standard InChI is InChI=1S/C11H14O2/c1-3-9-4-6-10(7-5-9)11(12)8-13-2/h4-7H,3,8H2,1-2H3. The van der Waals surface area contributed by atoms with Gasteiger partial charge in [-0.05, 0) is 12.0 Å². The van der Waals surface area contributed by atoms with Crippen LogP contribution in [0, 0.1) is 0 Å².